The first-order valence-electron chi connectivity index (χ1n) is 19.2. The Morgan fingerprint density at radius 3 is 0.842 bits per heavy atom. The largest absolute Gasteiger partial charge is 0.309 e. The summed E-state index contributed by atoms with van der Waals surface area (Å²) in [5, 5.41) is 7.09. The summed E-state index contributed by atoms with van der Waals surface area (Å²) in [5.41, 5.74) is 10.4. The molecule has 8 aromatic carbocycles. The van der Waals surface area contributed by atoms with Gasteiger partial charge in [-0.3, -0.25) is 4.57 Å². The maximum absolute atomic E-state index is 5.44. The molecule has 266 valence electrons. The fourth-order valence-corrected chi connectivity index (χ4v) is 8.92. The number of para-hydroxylation sites is 8. The highest BCUT2D eigenvalue weighted by Gasteiger charge is 2.23. The average Bonchev–Trinajstić information content (AvgIpc) is 3.92. The van der Waals surface area contributed by atoms with E-state index in [9.17, 15) is 0 Å². The van der Waals surface area contributed by atoms with Gasteiger partial charge < -0.3 is 9.13 Å². The summed E-state index contributed by atoms with van der Waals surface area (Å²) in [6, 6.07) is 68.3. The van der Waals surface area contributed by atoms with Gasteiger partial charge in [-0.2, -0.15) is 9.97 Å². The molecule has 0 bridgehead atoms. The molecule has 6 heteroatoms. The van der Waals surface area contributed by atoms with Crippen LogP contribution in [0.15, 0.2) is 194 Å². The van der Waals surface area contributed by atoms with Gasteiger partial charge in [-0.25, -0.2) is 4.98 Å². The van der Waals surface area contributed by atoms with Crippen molar-refractivity contribution in [3.05, 3.63) is 194 Å². The Morgan fingerprint density at radius 1 is 0.246 bits per heavy atom. The average molecular weight is 729 g/mol. The Bertz CT molecular complexity index is 3210. The standard InChI is InChI=1S/C51H32N6/c1-9-25-41-33(17-1)34-18-2-10-26-42(34)55(41)47-31-15-7-23-39(47)49-52-50(54-51(53-49)57-45-29-13-5-21-37(45)38-22-6-14-30-46(38)57)40-24-8-16-32-48(40)56-43-27-11-3-19-35(43)36-20-4-12-28-44(36)56/h1-32H. The molecule has 4 heterocycles. The van der Waals surface area contributed by atoms with Crippen molar-refractivity contribution in [2.75, 3.05) is 0 Å². The number of aromatic nitrogens is 6. The number of benzene rings is 8. The molecule has 0 saturated heterocycles. The van der Waals surface area contributed by atoms with E-state index in [-0.39, 0.29) is 0 Å². The minimum atomic E-state index is 0.557. The first kappa shape index (κ1) is 31.5. The molecule has 0 aliphatic carbocycles. The Balaban J connectivity index is 1.18. The maximum Gasteiger partial charge on any atom is 0.238 e. The van der Waals surface area contributed by atoms with Crippen LogP contribution in [0.4, 0.5) is 0 Å². The van der Waals surface area contributed by atoms with Crippen molar-refractivity contribution >= 4 is 65.4 Å². The number of rotatable bonds is 5. The van der Waals surface area contributed by atoms with Crippen LogP contribution in [-0.2, 0) is 0 Å². The quantitative estimate of drug-likeness (QED) is 0.177. The number of fused-ring (bicyclic) bond motifs is 9. The molecular weight excluding hydrogens is 697 g/mol. The van der Waals surface area contributed by atoms with Gasteiger partial charge in [0.1, 0.15) is 0 Å². The van der Waals surface area contributed by atoms with E-state index in [2.05, 4.69) is 208 Å². The zero-order valence-electron chi connectivity index (χ0n) is 30.7. The third-order valence-electron chi connectivity index (χ3n) is 11.3. The normalized spacial score (nSPS) is 11.9. The third-order valence-corrected chi connectivity index (χ3v) is 11.3. The molecule has 12 rings (SSSR count). The lowest BCUT2D eigenvalue weighted by Crippen LogP contribution is -2.09. The summed E-state index contributed by atoms with van der Waals surface area (Å²) in [6.07, 6.45) is 0. The number of nitrogens with zero attached hydrogens (tertiary/aromatic N) is 6. The van der Waals surface area contributed by atoms with Crippen molar-refractivity contribution in [2.45, 2.75) is 0 Å². The second-order valence-electron chi connectivity index (χ2n) is 14.4. The zero-order valence-corrected chi connectivity index (χ0v) is 30.7. The fraction of sp³-hybridized carbons (Fsp3) is 0. The van der Waals surface area contributed by atoms with Gasteiger partial charge >= 0.3 is 0 Å². The van der Waals surface area contributed by atoms with E-state index in [1.165, 1.54) is 21.5 Å². The molecule has 0 spiro atoms. The lowest BCUT2D eigenvalue weighted by atomic mass is 10.1. The molecule has 4 aromatic heterocycles. The van der Waals surface area contributed by atoms with Crippen molar-refractivity contribution in [3.63, 3.8) is 0 Å². The van der Waals surface area contributed by atoms with Gasteiger partial charge in [0.2, 0.25) is 5.95 Å². The van der Waals surface area contributed by atoms with Crippen LogP contribution in [0.3, 0.4) is 0 Å². The van der Waals surface area contributed by atoms with E-state index in [0.717, 1.165) is 66.4 Å². The van der Waals surface area contributed by atoms with E-state index >= 15 is 0 Å². The summed E-state index contributed by atoms with van der Waals surface area (Å²) in [5.74, 6) is 1.74. The smallest absolute Gasteiger partial charge is 0.238 e. The molecule has 0 aliphatic rings. The van der Waals surface area contributed by atoms with Crippen LogP contribution < -0.4 is 0 Å². The lowest BCUT2D eigenvalue weighted by Gasteiger charge is -2.17. The second-order valence-corrected chi connectivity index (χ2v) is 14.4. The highest BCUT2D eigenvalue weighted by molar-refractivity contribution is 6.11. The van der Waals surface area contributed by atoms with Gasteiger partial charge in [-0.15, -0.1) is 0 Å². The van der Waals surface area contributed by atoms with Crippen molar-refractivity contribution < 1.29 is 0 Å². The Kier molecular flexibility index (Phi) is 6.83. The topological polar surface area (TPSA) is 53.5 Å². The SMILES string of the molecule is c1ccc(-n2c3ccccc3c3ccccc32)c(-c2nc(-c3ccccc3-n3c4ccccc4c4ccccc43)nc(-n3c4ccccc4c4ccccc43)n2)c1. The highest BCUT2D eigenvalue weighted by atomic mass is 15.2. The molecule has 6 nitrogen and oxygen atoms in total. The molecule has 0 N–H and O–H groups in total. The second kappa shape index (κ2) is 12.3. The van der Waals surface area contributed by atoms with E-state index in [4.69, 9.17) is 15.0 Å². The molecular formula is C51H32N6. The van der Waals surface area contributed by atoms with Gasteiger partial charge in [0.05, 0.1) is 44.5 Å². The van der Waals surface area contributed by atoms with Gasteiger partial charge in [0, 0.05) is 43.4 Å². The number of hydrogen-bond donors (Lipinski definition) is 0. The maximum atomic E-state index is 5.44. The van der Waals surface area contributed by atoms with E-state index in [0.29, 0.717) is 17.6 Å². The van der Waals surface area contributed by atoms with E-state index in [1.807, 2.05) is 0 Å². The molecule has 0 aliphatic heterocycles. The summed E-state index contributed by atoms with van der Waals surface area (Å²) in [6.45, 7) is 0. The Labute approximate surface area is 327 Å². The van der Waals surface area contributed by atoms with E-state index < -0.39 is 0 Å². The van der Waals surface area contributed by atoms with Crippen LogP contribution in [0.1, 0.15) is 0 Å². The monoisotopic (exact) mass is 728 g/mol. The molecule has 57 heavy (non-hydrogen) atoms. The van der Waals surface area contributed by atoms with Crippen LogP contribution >= 0.6 is 0 Å². The van der Waals surface area contributed by atoms with Crippen LogP contribution in [0.2, 0.25) is 0 Å². The van der Waals surface area contributed by atoms with Gasteiger partial charge in [0.25, 0.3) is 0 Å². The number of hydrogen-bond acceptors (Lipinski definition) is 3. The molecule has 12 aromatic rings. The minimum Gasteiger partial charge on any atom is -0.309 e. The van der Waals surface area contributed by atoms with Gasteiger partial charge in [-0.05, 0) is 60.7 Å². The van der Waals surface area contributed by atoms with Crippen molar-refractivity contribution in [1.82, 2.24) is 28.7 Å². The van der Waals surface area contributed by atoms with Crippen LogP contribution in [0.5, 0.6) is 0 Å². The minimum absolute atomic E-state index is 0.557. The Hall–Kier alpha value is -7.83. The fourth-order valence-electron chi connectivity index (χ4n) is 8.92. The van der Waals surface area contributed by atoms with Crippen LogP contribution in [0.25, 0.3) is 106 Å². The molecule has 0 atom stereocenters. The Morgan fingerprint density at radius 2 is 0.509 bits per heavy atom. The van der Waals surface area contributed by atoms with Crippen LogP contribution in [0, 0.1) is 0 Å². The van der Waals surface area contributed by atoms with Gasteiger partial charge in [-0.1, -0.05) is 133 Å². The van der Waals surface area contributed by atoms with Gasteiger partial charge in [0.15, 0.2) is 11.6 Å². The lowest BCUT2D eigenvalue weighted by molar-refractivity contribution is 0.950. The first-order valence-corrected chi connectivity index (χ1v) is 19.2. The zero-order chi connectivity index (χ0) is 37.5. The molecule has 0 fully saturated rings. The van der Waals surface area contributed by atoms with Crippen molar-refractivity contribution in [1.29, 1.82) is 0 Å². The molecule has 0 amide bonds. The molecule has 0 radical (unpaired) electrons. The summed E-state index contributed by atoms with van der Waals surface area (Å²) < 4.78 is 6.87. The van der Waals surface area contributed by atoms with Crippen molar-refractivity contribution in [3.8, 4) is 40.1 Å². The summed E-state index contributed by atoms with van der Waals surface area (Å²) in [4.78, 5) is 16.3. The predicted octanol–water partition coefficient (Wildman–Crippen LogP) is 12.5. The van der Waals surface area contributed by atoms with Crippen molar-refractivity contribution in [2.24, 2.45) is 0 Å². The van der Waals surface area contributed by atoms with E-state index in [1.54, 1.807) is 0 Å². The summed E-state index contributed by atoms with van der Waals surface area (Å²) >= 11 is 0. The molecule has 0 saturated carbocycles. The third kappa shape index (κ3) is 4.68. The first-order chi connectivity index (χ1) is 28.3. The highest BCUT2D eigenvalue weighted by Crippen LogP contribution is 2.39. The predicted molar refractivity (Wildman–Crippen MR) is 234 cm³/mol. The summed E-state index contributed by atoms with van der Waals surface area (Å²) in [7, 11) is 0. The van der Waals surface area contributed by atoms with Crippen LogP contribution in [-0.4, -0.2) is 28.7 Å². The molecule has 0 unspecified atom stereocenters.